The lowest BCUT2D eigenvalue weighted by molar-refractivity contribution is 0.0222. The number of piperidine rings is 1. The van der Waals surface area contributed by atoms with Crippen LogP contribution in [0.25, 0.3) is 11.0 Å². The van der Waals surface area contributed by atoms with Gasteiger partial charge in [-0.25, -0.2) is 9.97 Å². The van der Waals surface area contributed by atoms with Crippen molar-refractivity contribution in [3.63, 3.8) is 0 Å². The van der Waals surface area contributed by atoms with Crippen LogP contribution >= 0.6 is 0 Å². The van der Waals surface area contributed by atoms with Gasteiger partial charge in [-0.05, 0) is 26.2 Å². The van der Waals surface area contributed by atoms with Gasteiger partial charge in [0.15, 0.2) is 5.65 Å². The molecule has 20 heavy (non-hydrogen) atoms. The molecular formula is C14H21N5O. The maximum atomic E-state index is 10.6. The number of aryl methyl sites for hydroxylation is 2. The highest BCUT2D eigenvalue weighted by molar-refractivity contribution is 5.89. The number of hydrogen-bond donors (Lipinski definition) is 1. The molecule has 6 heteroatoms. The van der Waals surface area contributed by atoms with Crippen molar-refractivity contribution in [3.05, 3.63) is 12.0 Å². The highest BCUT2D eigenvalue weighted by Gasteiger charge is 2.33. The Morgan fingerprint density at radius 1 is 1.40 bits per heavy atom. The molecule has 0 aromatic carbocycles. The fraction of sp³-hybridized carbons (Fsp3) is 0.643. The zero-order chi connectivity index (χ0) is 14.3. The van der Waals surface area contributed by atoms with Crippen LogP contribution in [-0.4, -0.2) is 43.5 Å². The highest BCUT2D eigenvalue weighted by Crippen LogP contribution is 2.31. The van der Waals surface area contributed by atoms with Gasteiger partial charge in [-0.3, -0.25) is 4.68 Å². The molecule has 1 N–H and O–H groups in total. The third-order valence-electron chi connectivity index (χ3n) is 4.29. The van der Waals surface area contributed by atoms with Crippen LogP contribution in [0.3, 0.4) is 0 Å². The monoisotopic (exact) mass is 275 g/mol. The van der Waals surface area contributed by atoms with E-state index < -0.39 is 5.60 Å². The van der Waals surface area contributed by atoms with Crippen LogP contribution in [0, 0.1) is 6.92 Å². The van der Waals surface area contributed by atoms with Crippen molar-refractivity contribution >= 4 is 16.9 Å². The zero-order valence-corrected chi connectivity index (χ0v) is 12.3. The third-order valence-corrected chi connectivity index (χ3v) is 4.29. The molecule has 1 saturated heterocycles. The van der Waals surface area contributed by atoms with Gasteiger partial charge in [0.1, 0.15) is 12.1 Å². The van der Waals surface area contributed by atoms with E-state index in [0.717, 1.165) is 48.4 Å². The average Bonchev–Trinajstić information content (AvgIpc) is 2.74. The van der Waals surface area contributed by atoms with E-state index in [4.69, 9.17) is 0 Å². The van der Waals surface area contributed by atoms with Crippen LogP contribution < -0.4 is 4.90 Å². The van der Waals surface area contributed by atoms with E-state index in [2.05, 4.69) is 20.0 Å². The molecule has 3 rings (SSSR count). The van der Waals surface area contributed by atoms with E-state index in [-0.39, 0.29) is 0 Å². The maximum absolute atomic E-state index is 10.6. The van der Waals surface area contributed by atoms with Gasteiger partial charge >= 0.3 is 0 Å². The van der Waals surface area contributed by atoms with E-state index in [9.17, 15) is 5.11 Å². The van der Waals surface area contributed by atoms with Gasteiger partial charge in [0, 0.05) is 20.1 Å². The van der Waals surface area contributed by atoms with Crippen LogP contribution in [0.1, 0.15) is 31.9 Å². The lowest BCUT2D eigenvalue weighted by Crippen LogP contribution is -2.48. The second-order valence-electron chi connectivity index (χ2n) is 5.71. The van der Waals surface area contributed by atoms with Crippen molar-refractivity contribution in [2.24, 2.45) is 7.05 Å². The summed E-state index contributed by atoms with van der Waals surface area (Å²) in [6.45, 7) is 5.56. The molecule has 0 bridgehead atoms. The van der Waals surface area contributed by atoms with E-state index >= 15 is 0 Å². The van der Waals surface area contributed by atoms with Gasteiger partial charge in [0.05, 0.1) is 16.7 Å². The number of hydrogen-bond acceptors (Lipinski definition) is 5. The van der Waals surface area contributed by atoms with Gasteiger partial charge in [0.25, 0.3) is 0 Å². The molecule has 1 fully saturated rings. The predicted octanol–water partition coefficient (Wildman–Crippen LogP) is 1.41. The SMILES string of the molecule is CC[C@@]1(O)CCCN(c2ncnc3c2c(C)nn3C)C1. The Hall–Kier alpha value is -1.69. The smallest absolute Gasteiger partial charge is 0.163 e. The van der Waals surface area contributed by atoms with E-state index in [0.29, 0.717) is 6.54 Å². The Bertz CT molecular complexity index is 638. The van der Waals surface area contributed by atoms with Gasteiger partial charge in [0.2, 0.25) is 0 Å². The minimum atomic E-state index is -0.606. The summed E-state index contributed by atoms with van der Waals surface area (Å²) >= 11 is 0. The lowest BCUT2D eigenvalue weighted by Gasteiger charge is -2.39. The number of rotatable bonds is 2. The van der Waals surface area contributed by atoms with Crippen molar-refractivity contribution in [2.75, 3.05) is 18.0 Å². The van der Waals surface area contributed by atoms with Gasteiger partial charge in [-0.15, -0.1) is 0 Å². The summed E-state index contributed by atoms with van der Waals surface area (Å²) in [7, 11) is 1.89. The summed E-state index contributed by atoms with van der Waals surface area (Å²) in [5, 5.41) is 16.0. The summed E-state index contributed by atoms with van der Waals surface area (Å²) in [6.07, 6.45) is 4.19. The Labute approximate surface area is 118 Å². The molecule has 1 atom stereocenters. The molecule has 0 radical (unpaired) electrons. The van der Waals surface area contributed by atoms with Crippen LogP contribution in [0.4, 0.5) is 5.82 Å². The van der Waals surface area contributed by atoms with E-state index in [1.165, 1.54) is 0 Å². The lowest BCUT2D eigenvalue weighted by atomic mass is 9.90. The fourth-order valence-electron chi connectivity index (χ4n) is 3.08. The predicted molar refractivity (Wildman–Crippen MR) is 77.7 cm³/mol. The fourth-order valence-corrected chi connectivity index (χ4v) is 3.08. The molecule has 6 nitrogen and oxygen atoms in total. The molecule has 3 heterocycles. The average molecular weight is 275 g/mol. The number of fused-ring (bicyclic) bond motifs is 1. The van der Waals surface area contributed by atoms with Crippen molar-refractivity contribution in [1.29, 1.82) is 0 Å². The number of aliphatic hydroxyl groups is 1. The van der Waals surface area contributed by atoms with Crippen molar-refractivity contribution < 1.29 is 5.11 Å². The van der Waals surface area contributed by atoms with E-state index in [1.54, 1.807) is 11.0 Å². The number of anilines is 1. The Balaban J connectivity index is 2.06. The maximum Gasteiger partial charge on any atom is 0.163 e. The largest absolute Gasteiger partial charge is 0.388 e. The van der Waals surface area contributed by atoms with Crippen LogP contribution in [0.15, 0.2) is 6.33 Å². The minimum absolute atomic E-state index is 0.606. The second-order valence-corrected chi connectivity index (χ2v) is 5.71. The molecule has 1 aliphatic heterocycles. The number of β-amino-alcohol motifs (C(OH)–C–C–N with tert-alkyl or cyclic N) is 1. The van der Waals surface area contributed by atoms with Gasteiger partial charge in [-0.2, -0.15) is 5.10 Å². The molecule has 0 unspecified atom stereocenters. The standard InChI is InChI=1S/C14H21N5O/c1-4-14(20)6-5-7-19(8-14)13-11-10(2)17-18(3)12(11)15-9-16-13/h9,20H,4-8H2,1-3H3/t14-/m1/s1. The Morgan fingerprint density at radius 3 is 2.95 bits per heavy atom. The first-order valence-corrected chi connectivity index (χ1v) is 7.16. The Kier molecular flexibility index (Phi) is 3.12. The molecular weight excluding hydrogens is 254 g/mol. The molecule has 1 aliphatic rings. The van der Waals surface area contributed by atoms with Crippen LogP contribution in [-0.2, 0) is 7.05 Å². The topological polar surface area (TPSA) is 67.1 Å². The molecule has 0 amide bonds. The van der Waals surface area contributed by atoms with Crippen molar-refractivity contribution in [3.8, 4) is 0 Å². The summed E-state index contributed by atoms with van der Waals surface area (Å²) in [5.41, 5.74) is 1.17. The van der Waals surface area contributed by atoms with E-state index in [1.807, 2.05) is 20.9 Å². The first kappa shape index (κ1) is 13.3. The normalized spacial score (nSPS) is 23.5. The van der Waals surface area contributed by atoms with Gasteiger partial charge in [-0.1, -0.05) is 6.92 Å². The van der Waals surface area contributed by atoms with Crippen molar-refractivity contribution in [2.45, 2.75) is 38.7 Å². The summed E-state index contributed by atoms with van der Waals surface area (Å²) < 4.78 is 1.78. The second kappa shape index (κ2) is 4.70. The quantitative estimate of drug-likeness (QED) is 0.897. The van der Waals surface area contributed by atoms with Crippen molar-refractivity contribution in [1.82, 2.24) is 19.7 Å². The molecule has 108 valence electrons. The highest BCUT2D eigenvalue weighted by atomic mass is 16.3. The summed E-state index contributed by atoms with van der Waals surface area (Å²) in [5.74, 6) is 0.896. The zero-order valence-electron chi connectivity index (χ0n) is 12.3. The molecule has 0 aliphatic carbocycles. The first-order valence-electron chi connectivity index (χ1n) is 7.16. The molecule has 2 aromatic rings. The number of aromatic nitrogens is 4. The van der Waals surface area contributed by atoms with Crippen LogP contribution in [0.2, 0.25) is 0 Å². The van der Waals surface area contributed by atoms with Crippen LogP contribution in [0.5, 0.6) is 0 Å². The molecule has 0 saturated carbocycles. The minimum Gasteiger partial charge on any atom is -0.388 e. The summed E-state index contributed by atoms with van der Waals surface area (Å²) in [6, 6.07) is 0. The third kappa shape index (κ3) is 2.04. The number of nitrogens with zero attached hydrogens (tertiary/aromatic N) is 5. The molecule has 0 spiro atoms. The first-order chi connectivity index (χ1) is 9.54. The molecule has 2 aromatic heterocycles. The Morgan fingerprint density at radius 2 is 2.20 bits per heavy atom. The summed E-state index contributed by atoms with van der Waals surface area (Å²) in [4.78, 5) is 10.9. The van der Waals surface area contributed by atoms with Gasteiger partial charge < -0.3 is 10.0 Å².